The van der Waals surface area contributed by atoms with Gasteiger partial charge in [-0.05, 0) is 23.8 Å². The van der Waals surface area contributed by atoms with Gasteiger partial charge in [-0.2, -0.15) is 0 Å². The summed E-state index contributed by atoms with van der Waals surface area (Å²) >= 11 is 0. The molecule has 5 heteroatoms. The van der Waals surface area contributed by atoms with Gasteiger partial charge >= 0.3 is 0 Å². The lowest BCUT2D eigenvalue weighted by Crippen LogP contribution is -2.14. The number of nitro benzene ring substituents is 1. The van der Waals surface area contributed by atoms with Crippen molar-refractivity contribution in [3.63, 3.8) is 0 Å². The van der Waals surface area contributed by atoms with Gasteiger partial charge in [0, 0.05) is 24.6 Å². The van der Waals surface area contributed by atoms with Crippen molar-refractivity contribution in [2.24, 2.45) is 5.73 Å². The van der Waals surface area contributed by atoms with Gasteiger partial charge in [-0.3, -0.25) is 10.1 Å². The van der Waals surface area contributed by atoms with Crippen LogP contribution in [-0.2, 0) is 0 Å². The molecule has 2 aromatic rings. The van der Waals surface area contributed by atoms with Gasteiger partial charge in [0.1, 0.15) is 5.75 Å². The van der Waals surface area contributed by atoms with Gasteiger partial charge in [-0.15, -0.1) is 0 Å². The van der Waals surface area contributed by atoms with Crippen molar-refractivity contribution in [1.29, 1.82) is 0 Å². The van der Waals surface area contributed by atoms with Crippen LogP contribution in [0.5, 0.6) is 5.75 Å². The van der Waals surface area contributed by atoms with Crippen LogP contribution in [0.4, 0.5) is 5.69 Å². The summed E-state index contributed by atoms with van der Waals surface area (Å²) in [6.07, 6.45) is 0.668. The molecule has 5 nitrogen and oxygen atoms in total. The number of hydrogen-bond acceptors (Lipinski definition) is 4. The second kappa shape index (κ2) is 6.68. The van der Waals surface area contributed by atoms with Crippen molar-refractivity contribution >= 4 is 5.69 Å². The van der Waals surface area contributed by atoms with E-state index in [1.807, 2.05) is 24.3 Å². The molecule has 0 spiro atoms. The average molecular weight is 271 g/mol. The molecule has 0 aliphatic rings. The van der Waals surface area contributed by atoms with Gasteiger partial charge < -0.3 is 10.5 Å². The van der Waals surface area contributed by atoms with E-state index >= 15 is 0 Å². The lowest BCUT2D eigenvalue weighted by atomic mass is 10.1. The van der Waals surface area contributed by atoms with Gasteiger partial charge in [0.25, 0.3) is 5.69 Å². The van der Waals surface area contributed by atoms with Gasteiger partial charge in [0.2, 0.25) is 0 Å². The second-order valence-electron chi connectivity index (χ2n) is 4.33. The zero-order valence-corrected chi connectivity index (χ0v) is 10.9. The van der Waals surface area contributed by atoms with E-state index in [0.29, 0.717) is 18.8 Å². The van der Waals surface area contributed by atoms with Crippen molar-refractivity contribution in [3.05, 3.63) is 70.3 Å². The molecule has 103 valence electrons. The first-order valence-electron chi connectivity index (χ1n) is 6.25. The van der Waals surface area contributed by atoms with Crippen LogP contribution in [0.1, 0.15) is 18.0 Å². The van der Waals surface area contributed by atoms with Crippen molar-refractivity contribution in [3.8, 4) is 5.75 Å². The molecule has 2 rings (SSSR count). The molecule has 0 bridgehead atoms. The monoisotopic (exact) mass is 271 g/mol. The first kappa shape index (κ1) is 14.0. The van der Waals surface area contributed by atoms with Crippen LogP contribution in [-0.4, -0.2) is 11.5 Å². The summed E-state index contributed by atoms with van der Waals surface area (Å²) in [5.41, 5.74) is 7.13. The maximum Gasteiger partial charge on any atom is 0.269 e. The fraction of sp³-hybridized carbons (Fsp3) is 0.200. The van der Waals surface area contributed by atoms with Gasteiger partial charge in [0.15, 0.2) is 0 Å². The zero-order valence-electron chi connectivity index (χ0n) is 10.9. The predicted molar refractivity (Wildman–Crippen MR) is 75.4 cm³/mol. The minimum atomic E-state index is -0.438. The Bertz CT molecular complexity index is 555. The Balaban J connectivity index is 1.82. The molecular formula is C15H15N2O3. The Morgan fingerprint density at radius 3 is 2.45 bits per heavy atom. The summed E-state index contributed by atoms with van der Waals surface area (Å²) in [7, 11) is 0. The topological polar surface area (TPSA) is 78.4 Å². The summed E-state index contributed by atoms with van der Waals surface area (Å²) in [5.74, 6) is 0.601. The van der Waals surface area contributed by atoms with Crippen LogP contribution in [0, 0.1) is 16.2 Å². The normalized spacial score (nSPS) is 11.8. The summed E-state index contributed by atoms with van der Waals surface area (Å²) < 4.78 is 5.52. The van der Waals surface area contributed by atoms with Crippen molar-refractivity contribution in [2.75, 3.05) is 6.61 Å². The Kier molecular flexibility index (Phi) is 4.68. The first-order chi connectivity index (χ1) is 9.66. The molecule has 0 heterocycles. The SMILES string of the molecule is NC(CCOc1ccc([N+](=O)[O-])cc1)c1cc[c]cc1. The van der Waals surface area contributed by atoms with Crippen LogP contribution in [0.15, 0.2) is 48.5 Å². The van der Waals surface area contributed by atoms with Crippen molar-refractivity contribution in [1.82, 2.24) is 0 Å². The smallest absolute Gasteiger partial charge is 0.269 e. The molecule has 0 aromatic heterocycles. The third-order valence-electron chi connectivity index (χ3n) is 2.92. The van der Waals surface area contributed by atoms with E-state index in [4.69, 9.17) is 10.5 Å². The van der Waals surface area contributed by atoms with E-state index in [1.165, 1.54) is 12.1 Å². The van der Waals surface area contributed by atoms with E-state index in [2.05, 4.69) is 6.07 Å². The van der Waals surface area contributed by atoms with Crippen LogP contribution in [0.25, 0.3) is 0 Å². The second-order valence-corrected chi connectivity index (χ2v) is 4.33. The largest absolute Gasteiger partial charge is 0.494 e. The number of benzene rings is 2. The molecule has 2 N–H and O–H groups in total. The van der Waals surface area contributed by atoms with E-state index in [-0.39, 0.29) is 11.7 Å². The summed E-state index contributed by atoms with van der Waals surface area (Å²) in [6.45, 7) is 0.456. The van der Waals surface area contributed by atoms with Gasteiger partial charge in [-0.1, -0.05) is 24.3 Å². The maximum absolute atomic E-state index is 10.5. The third kappa shape index (κ3) is 3.80. The van der Waals surface area contributed by atoms with E-state index in [0.717, 1.165) is 5.56 Å². The molecule has 1 atom stereocenters. The van der Waals surface area contributed by atoms with Crippen LogP contribution in [0.2, 0.25) is 0 Å². The molecular weight excluding hydrogens is 256 g/mol. The predicted octanol–water partition coefficient (Wildman–Crippen LogP) is 2.86. The standard InChI is InChI=1S/C15H15N2O3/c16-15(12-4-2-1-3-5-12)10-11-20-14-8-6-13(7-9-14)17(18)19/h2-9,15H,10-11,16H2. The molecule has 0 saturated carbocycles. The van der Waals surface area contributed by atoms with Crippen LogP contribution >= 0.6 is 0 Å². The van der Waals surface area contributed by atoms with E-state index < -0.39 is 4.92 Å². The Labute approximate surface area is 117 Å². The number of hydrogen-bond donors (Lipinski definition) is 1. The maximum atomic E-state index is 10.5. The zero-order chi connectivity index (χ0) is 14.4. The lowest BCUT2D eigenvalue weighted by Gasteiger charge is -2.12. The molecule has 0 aliphatic heterocycles. The average Bonchev–Trinajstić information content (AvgIpc) is 2.48. The number of non-ortho nitro benzene ring substituents is 1. The van der Waals surface area contributed by atoms with E-state index in [1.54, 1.807) is 12.1 Å². The van der Waals surface area contributed by atoms with Crippen molar-refractivity contribution < 1.29 is 9.66 Å². The lowest BCUT2D eigenvalue weighted by molar-refractivity contribution is -0.384. The fourth-order valence-electron chi connectivity index (χ4n) is 1.78. The Morgan fingerprint density at radius 2 is 1.85 bits per heavy atom. The number of nitro groups is 1. The first-order valence-corrected chi connectivity index (χ1v) is 6.25. The van der Waals surface area contributed by atoms with Crippen molar-refractivity contribution in [2.45, 2.75) is 12.5 Å². The highest BCUT2D eigenvalue weighted by Gasteiger charge is 2.07. The quantitative estimate of drug-likeness (QED) is 0.647. The molecule has 20 heavy (non-hydrogen) atoms. The van der Waals surface area contributed by atoms with E-state index in [9.17, 15) is 10.1 Å². The molecule has 2 aromatic carbocycles. The summed E-state index contributed by atoms with van der Waals surface area (Å²) in [4.78, 5) is 10.1. The molecule has 0 aliphatic carbocycles. The molecule has 1 radical (unpaired) electrons. The van der Waals surface area contributed by atoms with Gasteiger partial charge in [-0.25, -0.2) is 0 Å². The highest BCUT2D eigenvalue weighted by Crippen LogP contribution is 2.19. The minimum absolute atomic E-state index is 0.0505. The number of rotatable bonds is 6. The number of nitrogens with two attached hydrogens (primary N) is 1. The minimum Gasteiger partial charge on any atom is -0.494 e. The highest BCUT2D eigenvalue weighted by molar-refractivity contribution is 5.35. The summed E-state index contributed by atoms with van der Waals surface area (Å²) in [6, 6.07) is 16.4. The third-order valence-corrected chi connectivity index (χ3v) is 2.92. The number of ether oxygens (including phenoxy) is 1. The highest BCUT2D eigenvalue weighted by atomic mass is 16.6. The Morgan fingerprint density at radius 1 is 1.20 bits per heavy atom. The van der Waals surface area contributed by atoms with Gasteiger partial charge in [0.05, 0.1) is 11.5 Å². The van der Waals surface area contributed by atoms with Crippen LogP contribution in [0.3, 0.4) is 0 Å². The molecule has 0 fully saturated rings. The molecule has 1 unspecified atom stereocenters. The summed E-state index contributed by atoms with van der Waals surface area (Å²) in [5, 5.41) is 10.5. The van der Waals surface area contributed by atoms with Crippen LogP contribution < -0.4 is 10.5 Å². The fourth-order valence-corrected chi connectivity index (χ4v) is 1.78. The number of nitrogens with zero attached hydrogens (tertiary/aromatic N) is 1. The molecule has 0 amide bonds. The Hall–Kier alpha value is -2.40. The molecule has 0 saturated heterocycles.